The number of carbonyl (C=O) groups is 1. The molecule has 1 aliphatic rings. The van der Waals surface area contributed by atoms with Gasteiger partial charge >= 0.3 is 0 Å². The Hall–Kier alpha value is -3.61. The summed E-state index contributed by atoms with van der Waals surface area (Å²) in [7, 11) is 1.59. The van der Waals surface area contributed by atoms with Gasteiger partial charge in [0, 0.05) is 55.5 Å². The summed E-state index contributed by atoms with van der Waals surface area (Å²) in [6, 6.07) is 16.9. The van der Waals surface area contributed by atoms with Crippen LogP contribution in [-0.4, -0.2) is 49.2 Å². The van der Waals surface area contributed by atoms with Crippen LogP contribution in [0.4, 0.5) is 17.3 Å². The average Bonchev–Trinajstić information content (AvgIpc) is 2.80. The van der Waals surface area contributed by atoms with Crippen LogP contribution in [0, 0.1) is 0 Å². The zero-order valence-electron chi connectivity index (χ0n) is 16.3. The van der Waals surface area contributed by atoms with Crippen LogP contribution in [0.15, 0.2) is 67.0 Å². The van der Waals surface area contributed by atoms with Crippen LogP contribution >= 0.6 is 0 Å². The molecular formula is C22H23N5O2. The zero-order chi connectivity index (χ0) is 20.1. The van der Waals surface area contributed by atoms with Gasteiger partial charge in [-0.05, 0) is 48.5 Å². The molecule has 0 aliphatic carbocycles. The third kappa shape index (κ3) is 4.45. The number of hydrogen-bond acceptors (Lipinski definition) is 6. The molecule has 29 heavy (non-hydrogen) atoms. The van der Waals surface area contributed by atoms with E-state index in [0.29, 0.717) is 11.3 Å². The van der Waals surface area contributed by atoms with E-state index in [1.54, 1.807) is 37.7 Å². The fraction of sp³-hybridized carbons (Fsp3) is 0.227. The Kier molecular flexibility index (Phi) is 5.56. The molecule has 3 aromatic rings. The number of nitrogens with zero attached hydrogens (tertiary/aromatic N) is 4. The molecule has 7 nitrogen and oxygen atoms in total. The Balaban J connectivity index is 1.35. The molecule has 148 valence electrons. The maximum absolute atomic E-state index is 12.4. The molecule has 0 saturated carbocycles. The van der Waals surface area contributed by atoms with Gasteiger partial charge in [0.25, 0.3) is 5.91 Å². The second-order valence-corrected chi connectivity index (χ2v) is 6.76. The summed E-state index contributed by atoms with van der Waals surface area (Å²) in [5.74, 6) is 1.28. The van der Waals surface area contributed by atoms with E-state index in [2.05, 4.69) is 25.1 Å². The Bertz CT molecular complexity index is 954. The predicted molar refractivity (Wildman–Crippen MR) is 114 cm³/mol. The molecule has 7 heteroatoms. The highest BCUT2D eigenvalue weighted by molar-refractivity contribution is 6.04. The van der Waals surface area contributed by atoms with Crippen LogP contribution in [0.1, 0.15) is 10.4 Å². The van der Waals surface area contributed by atoms with Crippen molar-refractivity contribution in [1.29, 1.82) is 0 Å². The van der Waals surface area contributed by atoms with Crippen molar-refractivity contribution in [3.63, 3.8) is 0 Å². The second-order valence-electron chi connectivity index (χ2n) is 6.76. The van der Waals surface area contributed by atoms with Gasteiger partial charge in [0.15, 0.2) is 0 Å². The van der Waals surface area contributed by atoms with Crippen LogP contribution in [0.5, 0.6) is 5.75 Å². The van der Waals surface area contributed by atoms with Crippen LogP contribution in [0.25, 0.3) is 0 Å². The van der Waals surface area contributed by atoms with E-state index in [-0.39, 0.29) is 5.91 Å². The van der Waals surface area contributed by atoms with Crippen molar-refractivity contribution in [2.45, 2.75) is 0 Å². The maximum Gasteiger partial charge on any atom is 0.255 e. The molecule has 0 bridgehead atoms. The number of ether oxygens (including phenoxy) is 1. The van der Waals surface area contributed by atoms with Gasteiger partial charge in [-0.2, -0.15) is 0 Å². The lowest BCUT2D eigenvalue weighted by molar-refractivity contribution is 0.102. The molecule has 1 amide bonds. The molecule has 0 unspecified atom stereocenters. The van der Waals surface area contributed by atoms with E-state index in [1.807, 2.05) is 36.4 Å². The minimum Gasteiger partial charge on any atom is -0.497 e. The van der Waals surface area contributed by atoms with Crippen molar-refractivity contribution in [2.24, 2.45) is 0 Å². The first-order valence-electron chi connectivity index (χ1n) is 9.55. The number of piperazine rings is 1. The van der Waals surface area contributed by atoms with Crippen molar-refractivity contribution < 1.29 is 9.53 Å². The van der Waals surface area contributed by atoms with Crippen LogP contribution < -0.4 is 19.9 Å². The van der Waals surface area contributed by atoms with E-state index >= 15 is 0 Å². The van der Waals surface area contributed by atoms with Gasteiger partial charge in [-0.15, -0.1) is 0 Å². The van der Waals surface area contributed by atoms with Crippen LogP contribution in [-0.2, 0) is 0 Å². The van der Waals surface area contributed by atoms with Crippen LogP contribution in [0.3, 0.4) is 0 Å². The fourth-order valence-corrected chi connectivity index (χ4v) is 3.34. The molecule has 2 heterocycles. The summed E-state index contributed by atoms with van der Waals surface area (Å²) in [6.07, 6.45) is 3.54. The SMILES string of the molecule is COc1cccc(C(=O)Nc2ccc(N3CCN(c4ncccn4)CC3)cc2)c1. The molecule has 1 N–H and O–H groups in total. The number of nitrogens with one attached hydrogen (secondary N) is 1. The monoisotopic (exact) mass is 389 g/mol. The van der Waals surface area contributed by atoms with Gasteiger partial charge in [0.2, 0.25) is 5.95 Å². The molecule has 1 fully saturated rings. The smallest absolute Gasteiger partial charge is 0.255 e. The normalized spacial score (nSPS) is 13.8. The molecule has 0 radical (unpaired) electrons. The topological polar surface area (TPSA) is 70.6 Å². The molecule has 1 saturated heterocycles. The lowest BCUT2D eigenvalue weighted by Gasteiger charge is -2.36. The highest BCUT2D eigenvalue weighted by Gasteiger charge is 2.19. The molecule has 1 aliphatic heterocycles. The zero-order valence-corrected chi connectivity index (χ0v) is 16.3. The summed E-state index contributed by atoms with van der Waals surface area (Å²) in [5, 5.41) is 2.93. The van der Waals surface area contributed by atoms with Crippen molar-refractivity contribution in [2.75, 3.05) is 48.4 Å². The highest BCUT2D eigenvalue weighted by atomic mass is 16.5. The quantitative estimate of drug-likeness (QED) is 0.723. The summed E-state index contributed by atoms with van der Waals surface area (Å²) < 4.78 is 5.18. The van der Waals surface area contributed by atoms with Crippen molar-refractivity contribution in [1.82, 2.24) is 9.97 Å². The second kappa shape index (κ2) is 8.60. The van der Waals surface area contributed by atoms with Gasteiger partial charge in [-0.3, -0.25) is 4.79 Å². The molecule has 0 spiro atoms. The minimum atomic E-state index is -0.159. The van der Waals surface area contributed by atoms with Crippen molar-refractivity contribution in [3.8, 4) is 5.75 Å². The van der Waals surface area contributed by atoms with Gasteiger partial charge in [-0.25, -0.2) is 9.97 Å². The van der Waals surface area contributed by atoms with Gasteiger partial charge in [-0.1, -0.05) is 6.07 Å². The molecule has 2 aromatic carbocycles. The van der Waals surface area contributed by atoms with E-state index in [4.69, 9.17) is 4.74 Å². The fourth-order valence-electron chi connectivity index (χ4n) is 3.34. The number of anilines is 3. The molecule has 1 aromatic heterocycles. The first kappa shape index (κ1) is 18.7. The molecule has 4 rings (SSSR count). The van der Waals surface area contributed by atoms with E-state index < -0.39 is 0 Å². The van der Waals surface area contributed by atoms with Crippen molar-refractivity contribution in [3.05, 3.63) is 72.6 Å². The number of benzene rings is 2. The summed E-state index contributed by atoms with van der Waals surface area (Å²) in [5.41, 5.74) is 2.46. The number of amides is 1. The number of rotatable bonds is 5. The number of methoxy groups -OCH3 is 1. The first-order valence-corrected chi connectivity index (χ1v) is 9.55. The Morgan fingerprint density at radius 1 is 0.931 bits per heavy atom. The van der Waals surface area contributed by atoms with E-state index in [9.17, 15) is 4.79 Å². The largest absolute Gasteiger partial charge is 0.497 e. The third-order valence-electron chi connectivity index (χ3n) is 4.94. The van der Waals surface area contributed by atoms with Gasteiger partial charge in [0.05, 0.1) is 7.11 Å². The number of aromatic nitrogens is 2. The first-order chi connectivity index (χ1) is 14.2. The average molecular weight is 389 g/mol. The predicted octanol–water partition coefficient (Wildman–Crippen LogP) is 3.06. The van der Waals surface area contributed by atoms with E-state index in [1.165, 1.54) is 0 Å². The number of carbonyl (C=O) groups excluding carboxylic acids is 1. The number of hydrogen-bond donors (Lipinski definition) is 1. The standard InChI is InChI=1S/C22H23N5O2/c1-29-20-5-2-4-17(16-20)21(28)25-18-6-8-19(9-7-18)26-12-14-27(15-13-26)22-23-10-3-11-24-22/h2-11,16H,12-15H2,1H3,(H,25,28). The third-order valence-corrected chi connectivity index (χ3v) is 4.94. The minimum absolute atomic E-state index is 0.159. The summed E-state index contributed by atoms with van der Waals surface area (Å²) >= 11 is 0. The highest BCUT2D eigenvalue weighted by Crippen LogP contribution is 2.21. The summed E-state index contributed by atoms with van der Waals surface area (Å²) in [4.78, 5) is 25.6. The Morgan fingerprint density at radius 3 is 2.31 bits per heavy atom. The van der Waals surface area contributed by atoms with E-state index in [0.717, 1.165) is 43.5 Å². The molecule has 0 atom stereocenters. The summed E-state index contributed by atoms with van der Waals surface area (Å²) in [6.45, 7) is 3.54. The van der Waals surface area contributed by atoms with Gasteiger partial charge in [0.1, 0.15) is 5.75 Å². The lowest BCUT2D eigenvalue weighted by Crippen LogP contribution is -2.47. The van der Waals surface area contributed by atoms with Gasteiger partial charge < -0.3 is 19.9 Å². The van der Waals surface area contributed by atoms with Crippen LogP contribution in [0.2, 0.25) is 0 Å². The Labute approximate surface area is 170 Å². The Morgan fingerprint density at radius 2 is 1.62 bits per heavy atom. The maximum atomic E-state index is 12.4. The lowest BCUT2D eigenvalue weighted by atomic mass is 10.2. The molecular weight excluding hydrogens is 366 g/mol. The van der Waals surface area contributed by atoms with Crippen molar-refractivity contribution >= 4 is 23.2 Å².